The smallest absolute Gasteiger partial charge is 0.347 e. The van der Waals surface area contributed by atoms with Crippen molar-refractivity contribution in [3.05, 3.63) is 33.0 Å². The Morgan fingerprint density at radius 1 is 1.53 bits per heavy atom. The number of anilines is 1. The van der Waals surface area contributed by atoms with Crippen molar-refractivity contribution in [2.75, 3.05) is 11.9 Å². The standard InChI is InChI=1S/C13H16N2O2S2/c1-3-5-10-11(12(16)17)19-13(14-10)15(2)8-9-6-4-7-18-9/h4,6-7H,3,5,8H2,1-2H3,(H,16,17). The van der Waals surface area contributed by atoms with E-state index in [0.717, 1.165) is 18.1 Å². The molecular formula is C13H16N2O2S2. The molecule has 2 rings (SSSR count). The molecule has 0 spiro atoms. The summed E-state index contributed by atoms with van der Waals surface area (Å²) in [4.78, 5) is 19.3. The van der Waals surface area contributed by atoms with Crippen molar-refractivity contribution in [2.45, 2.75) is 26.3 Å². The highest BCUT2D eigenvalue weighted by Crippen LogP contribution is 2.28. The summed E-state index contributed by atoms with van der Waals surface area (Å²) < 4.78 is 0. The predicted octanol–water partition coefficient (Wildman–Crippen LogP) is 3.49. The zero-order chi connectivity index (χ0) is 13.8. The van der Waals surface area contributed by atoms with E-state index in [1.54, 1.807) is 11.3 Å². The minimum Gasteiger partial charge on any atom is -0.477 e. The van der Waals surface area contributed by atoms with Crippen molar-refractivity contribution in [3.8, 4) is 0 Å². The first-order chi connectivity index (χ1) is 9.11. The van der Waals surface area contributed by atoms with Crippen LogP contribution in [0.15, 0.2) is 17.5 Å². The Morgan fingerprint density at radius 3 is 2.89 bits per heavy atom. The van der Waals surface area contributed by atoms with Gasteiger partial charge in [0.1, 0.15) is 4.88 Å². The number of nitrogens with zero attached hydrogens (tertiary/aromatic N) is 2. The number of thiazole rings is 1. The SMILES string of the molecule is CCCc1nc(N(C)Cc2cccs2)sc1C(=O)O. The van der Waals surface area contributed by atoms with Gasteiger partial charge in [0, 0.05) is 11.9 Å². The van der Waals surface area contributed by atoms with Crippen LogP contribution in [-0.4, -0.2) is 23.1 Å². The van der Waals surface area contributed by atoms with E-state index in [2.05, 4.69) is 11.1 Å². The molecule has 0 bridgehead atoms. The molecule has 0 unspecified atom stereocenters. The third-order valence-electron chi connectivity index (χ3n) is 2.67. The van der Waals surface area contributed by atoms with E-state index in [1.165, 1.54) is 16.2 Å². The van der Waals surface area contributed by atoms with Crippen LogP contribution in [0.25, 0.3) is 0 Å². The van der Waals surface area contributed by atoms with Crippen LogP contribution in [0.3, 0.4) is 0 Å². The Bertz CT molecular complexity index is 549. The van der Waals surface area contributed by atoms with Gasteiger partial charge in [-0.05, 0) is 17.9 Å². The van der Waals surface area contributed by atoms with Crippen molar-refractivity contribution in [2.24, 2.45) is 0 Å². The Balaban J connectivity index is 2.19. The van der Waals surface area contributed by atoms with Crippen LogP contribution >= 0.6 is 22.7 Å². The molecule has 6 heteroatoms. The molecule has 0 fully saturated rings. The first-order valence-electron chi connectivity index (χ1n) is 6.08. The van der Waals surface area contributed by atoms with Gasteiger partial charge < -0.3 is 10.0 Å². The monoisotopic (exact) mass is 296 g/mol. The number of carboxylic acids is 1. The Kier molecular flexibility index (Phi) is 4.55. The number of aromatic carboxylic acids is 1. The van der Waals surface area contributed by atoms with E-state index in [1.807, 2.05) is 30.3 Å². The average molecular weight is 296 g/mol. The lowest BCUT2D eigenvalue weighted by molar-refractivity contribution is 0.0700. The van der Waals surface area contributed by atoms with Crippen molar-refractivity contribution in [1.82, 2.24) is 4.98 Å². The largest absolute Gasteiger partial charge is 0.477 e. The molecule has 0 saturated heterocycles. The van der Waals surface area contributed by atoms with Gasteiger partial charge in [-0.25, -0.2) is 9.78 Å². The lowest BCUT2D eigenvalue weighted by Gasteiger charge is -2.13. The molecule has 0 aliphatic carbocycles. The molecule has 2 aromatic heterocycles. The third kappa shape index (κ3) is 3.33. The number of hydrogen-bond donors (Lipinski definition) is 1. The van der Waals surface area contributed by atoms with Gasteiger partial charge in [-0.3, -0.25) is 0 Å². The number of rotatable bonds is 6. The third-order valence-corrected chi connectivity index (χ3v) is 4.73. The van der Waals surface area contributed by atoms with Gasteiger partial charge in [0.15, 0.2) is 5.13 Å². The van der Waals surface area contributed by atoms with Gasteiger partial charge in [-0.1, -0.05) is 30.7 Å². The molecular weight excluding hydrogens is 280 g/mol. The highest BCUT2D eigenvalue weighted by atomic mass is 32.1. The molecule has 19 heavy (non-hydrogen) atoms. The van der Waals surface area contributed by atoms with Gasteiger partial charge in [0.25, 0.3) is 0 Å². The lowest BCUT2D eigenvalue weighted by Crippen LogP contribution is -2.15. The second-order valence-corrected chi connectivity index (χ2v) is 6.27. The fourth-order valence-electron chi connectivity index (χ4n) is 1.78. The molecule has 0 aliphatic heterocycles. The minimum atomic E-state index is -0.878. The van der Waals surface area contributed by atoms with E-state index in [-0.39, 0.29) is 0 Å². The van der Waals surface area contributed by atoms with Crippen molar-refractivity contribution >= 4 is 33.8 Å². The molecule has 1 N–H and O–H groups in total. The fraction of sp³-hybridized carbons (Fsp3) is 0.385. The second kappa shape index (κ2) is 6.16. The lowest BCUT2D eigenvalue weighted by atomic mass is 10.2. The summed E-state index contributed by atoms with van der Waals surface area (Å²) >= 11 is 2.95. The van der Waals surface area contributed by atoms with Crippen LogP contribution < -0.4 is 4.90 Å². The van der Waals surface area contributed by atoms with E-state index >= 15 is 0 Å². The quantitative estimate of drug-likeness (QED) is 0.886. The van der Waals surface area contributed by atoms with Crippen LogP contribution in [-0.2, 0) is 13.0 Å². The second-order valence-electron chi connectivity index (χ2n) is 4.26. The summed E-state index contributed by atoms with van der Waals surface area (Å²) in [6, 6.07) is 4.08. The maximum Gasteiger partial charge on any atom is 0.347 e. The van der Waals surface area contributed by atoms with Crippen LogP contribution in [0, 0.1) is 0 Å². The molecule has 0 atom stereocenters. The Hall–Kier alpha value is -1.40. The number of aromatic nitrogens is 1. The van der Waals surface area contributed by atoms with Crippen LogP contribution in [0.5, 0.6) is 0 Å². The normalized spacial score (nSPS) is 10.6. The first kappa shape index (κ1) is 14.0. The molecule has 0 aromatic carbocycles. The summed E-state index contributed by atoms with van der Waals surface area (Å²) in [7, 11) is 1.94. The van der Waals surface area contributed by atoms with Gasteiger partial charge >= 0.3 is 5.97 Å². The molecule has 0 amide bonds. The van der Waals surface area contributed by atoms with E-state index in [0.29, 0.717) is 17.0 Å². The van der Waals surface area contributed by atoms with Crippen LogP contribution in [0.2, 0.25) is 0 Å². The minimum absolute atomic E-state index is 0.370. The maximum atomic E-state index is 11.2. The topological polar surface area (TPSA) is 53.4 Å². The summed E-state index contributed by atoms with van der Waals surface area (Å²) in [6.45, 7) is 2.79. The number of hydrogen-bond acceptors (Lipinski definition) is 5. The summed E-state index contributed by atoms with van der Waals surface area (Å²) in [5.74, 6) is -0.878. The summed E-state index contributed by atoms with van der Waals surface area (Å²) in [6.07, 6.45) is 1.61. The molecule has 0 radical (unpaired) electrons. The van der Waals surface area contributed by atoms with Gasteiger partial charge in [0.2, 0.25) is 0 Å². The van der Waals surface area contributed by atoms with Crippen LogP contribution in [0.1, 0.15) is 33.6 Å². The zero-order valence-corrected chi connectivity index (χ0v) is 12.6. The van der Waals surface area contributed by atoms with Crippen LogP contribution in [0.4, 0.5) is 5.13 Å². The Labute approximate surface area is 120 Å². The van der Waals surface area contributed by atoms with Gasteiger partial charge in [0.05, 0.1) is 12.2 Å². The Morgan fingerprint density at radius 2 is 2.32 bits per heavy atom. The molecule has 0 saturated carbocycles. The van der Waals surface area contributed by atoms with Crippen molar-refractivity contribution in [1.29, 1.82) is 0 Å². The highest BCUT2D eigenvalue weighted by Gasteiger charge is 2.18. The first-order valence-corrected chi connectivity index (χ1v) is 7.78. The number of carbonyl (C=O) groups is 1. The average Bonchev–Trinajstić information content (AvgIpc) is 2.98. The molecule has 2 aromatic rings. The van der Waals surface area contributed by atoms with Gasteiger partial charge in [-0.2, -0.15) is 0 Å². The molecule has 2 heterocycles. The van der Waals surface area contributed by atoms with E-state index < -0.39 is 5.97 Å². The number of carboxylic acid groups (broad SMARTS) is 1. The van der Waals surface area contributed by atoms with Crippen molar-refractivity contribution in [3.63, 3.8) is 0 Å². The van der Waals surface area contributed by atoms with E-state index in [4.69, 9.17) is 0 Å². The molecule has 4 nitrogen and oxygen atoms in total. The maximum absolute atomic E-state index is 11.2. The fourth-order valence-corrected chi connectivity index (χ4v) is 3.45. The zero-order valence-electron chi connectivity index (χ0n) is 10.9. The van der Waals surface area contributed by atoms with E-state index in [9.17, 15) is 9.90 Å². The predicted molar refractivity (Wildman–Crippen MR) is 79.5 cm³/mol. The number of aryl methyl sites for hydroxylation is 1. The van der Waals surface area contributed by atoms with Crippen molar-refractivity contribution < 1.29 is 9.90 Å². The highest BCUT2D eigenvalue weighted by molar-refractivity contribution is 7.17. The summed E-state index contributed by atoms with van der Waals surface area (Å²) in [5, 5.41) is 12.0. The summed E-state index contributed by atoms with van der Waals surface area (Å²) in [5.41, 5.74) is 0.702. The van der Waals surface area contributed by atoms with Gasteiger partial charge in [-0.15, -0.1) is 11.3 Å². The molecule has 0 aliphatic rings. The number of thiophene rings is 1. The molecule has 102 valence electrons.